The number of benzene rings is 1. The summed E-state index contributed by atoms with van der Waals surface area (Å²) in [6, 6.07) is 7.06. The van der Waals surface area contributed by atoms with Crippen molar-refractivity contribution >= 4 is 39.6 Å². The molecule has 9 atom stereocenters. The first-order valence-electron chi connectivity index (χ1n) is 18.1. The van der Waals surface area contributed by atoms with Crippen molar-refractivity contribution in [2.75, 3.05) is 26.7 Å². The molecule has 3 heterocycles. The maximum absolute atomic E-state index is 14.8. The summed E-state index contributed by atoms with van der Waals surface area (Å²) in [7, 11) is 1.69. The highest BCUT2D eigenvalue weighted by Crippen LogP contribution is 2.61. The quantitative estimate of drug-likeness (QED) is 0.0865. The third kappa shape index (κ3) is 7.89. The van der Waals surface area contributed by atoms with Crippen LogP contribution in [0, 0.1) is 17.8 Å². The number of amides is 3. The first kappa shape index (κ1) is 39.8. The highest BCUT2D eigenvalue weighted by molar-refractivity contribution is 9.09. The topological polar surface area (TPSA) is 117 Å². The van der Waals surface area contributed by atoms with Crippen LogP contribution < -0.4 is 0 Å². The summed E-state index contributed by atoms with van der Waals surface area (Å²) >= 11 is 3.76. The van der Waals surface area contributed by atoms with E-state index < -0.39 is 53.7 Å². The van der Waals surface area contributed by atoms with E-state index in [0.29, 0.717) is 37.9 Å². The van der Waals surface area contributed by atoms with Crippen molar-refractivity contribution in [2.24, 2.45) is 17.8 Å². The number of likely N-dealkylation sites (N-methyl/N-ethyl adjacent to an activating group) is 1. The van der Waals surface area contributed by atoms with Gasteiger partial charge >= 0.3 is 5.97 Å². The number of fused-ring (bicyclic) bond motifs is 1. The summed E-state index contributed by atoms with van der Waals surface area (Å²) in [6.45, 7) is 16.0. The Kier molecular flexibility index (Phi) is 13.9. The van der Waals surface area contributed by atoms with Gasteiger partial charge in [0.2, 0.25) is 17.7 Å². The lowest BCUT2D eigenvalue weighted by Gasteiger charge is -2.40. The molecule has 1 aromatic carbocycles. The standard InChI is InChI=1S/C39H56BrN3O7/c1-8-11-16-21-42(20-10-3)37(47)35-39-23-29(40)34(50-39)31(32(39)36(46)43(35)28(24-44)22-25(4)5)38(48)49-33(27-17-14-13-15-18-27)26(6)41(7)30(45)19-12-9-2/h9-10,13-15,17-18,25-26,28-29,31-35,44H,2-3,8,11-12,16,19-24H2,1,4-7H3/t26-,28-,29?,31+,32-,33+,34+,35+,39-/m1/s1. The van der Waals surface area contributed by atoms with Crippen LogP contribution in [0.4, 0.5) is 0 Å². The molecule has 1 aromatic rings. The number of ether oxygens (including phenoxy) is 2. The number of hydrogen-bond donors (Lipinski definition) is 1. The van der Waals surface area contributed by atoms with E-state index in [1.54, 1.807) is 29.0 Å². The van der Waals surface area contributed by atoms with Crippen LogP contribution >= 0.6 is 15.9 Å². The Bertz CT molecular complexity index is 1370. The minimum absolute atomic E-state index is 0.108. The van der Waals surface area contributed by atoms with Crippen LogP contribution in [0.3, 0.4) is 0 Å². The van der Waals surface area contributed by atoms with E-state index in [0.717, 1.165) is 19.3 Å². The number of aliphatic hydroxyl groups is 1. The lowest BCUT2D eigenvalue weighted by molar-refractivity contribution is -0.165. The highest BCUT2D eigenvalue weighted by atomic mass is 79.9. The Morgan fingerprint density at radius 1 is 1.16 bits per heavy atom. The Labute approximate surface area is 306 Å². The van der Waals surface area contributed by atoms with E-state index in [-0.39, 0.29) is 41.5 Å². The second-order valence-electron chi connectivity index (χ2n) is 14.5. The zero-order valence-corrected chi connectivity index (χ0v) is 31.9. The van der Waals surface area contributed by atoms with Gasteiger partial charge in [-0.25, -0.2) is 0 Å². The van der Waals surface area contributed by atoms with Gasteiger partial charge < -0.3 is 29.3 Å². The second kappa shape index (κ2) is 17.5. The van der Waals surface area contributed by atoms with Crippen molar-refractivity contribution in [3.8, 4) is 0 Å². The Morgan fingerprint density at radius 2 is 1.86 bits per heavy atom. The number of alkyl halides is 1. The molecule has 0 aromatic heterocycles. The normalized spacial score (nSPS) is 27.1. The molecule has 276 valence electrons. The number of carbonyl (C=O) groups excluding carboxylic acids is 4. The van der Waals surface area contributed by atoms with Gasteiger partial charge in [0.15, 0.2) is 0 Å². The smallest absolute Gasteiger partial charge is 0.313 e. The van der Waals surface area contributed by atoms with E-state index in [4.69, 9.17) is 9.47 Å². The number of esters is 1. The molecule has 1 spiro atoms. The van der Waals surface area contributed by atoms with E-state index in [2.05, 4.69) is 36.0 Å². The fourth-order valence-electron chi connectivity index (χ4n) is 8.13. The molecule has 3 amide bonds. The van der Waals surface area contributed by atoms with Crippen LogP contribution in [-0.2, 0) is 28.7 Å². The number of halogens is 1. The van der Waals surface area contributed by atoms with Crippen molar-refractivity contribution in [1.29, 1.82) is 0 Å². The first-order chi connectivity index (χ1) is 23.9. The van der Waals surface area contributed by atoms with Gasteiger partial charge in [-0.3, -0.25) is 19.2 Å². The SMILES string of the molecule is C=CCCC(=O)N(C)[C@H](C)[C@H](OC(=O)[C@@H]1[C@H]2O[C@@]3(CC2Br)[C@H](C(=O)N(CC=C)CCCCC)N([C@@H](CO)CC(C)C)C(=O)[C@@H]13)c1ccccc1. The predicted octanol–water partition coefficient (Wildman–Crippen LogP) is 5.44. The van der Waals surface area contributed by atoms with Gasteiger partial charge in [-0.15, -0.1) is 13.2 Å². The van der Waals surface area contributed by atoms with E-state index >= 15 is 0 Å². The molecular formula is C39H56BrN3O7. The molecule has 2 bridgehead atoms. The number of unbranched alkanes of at least 4 members (excludes halogenated alkanes) is 2. The molecule has 4 rings (SSSR count). The van der Waals surface area contributed by atoms with Gasteiger partial charge in [-0.1, -0.05) is 92.0 Å². The number of carbonyl (C=O) groups is 4. The molecule has 0 radical (unpaired) electrons. The lowest BCUT2D eigenvalue weighted by atomic mass is 9.70. The predicted molar refractivity (Wildman–Crippen MR) is 196 cm³/mol. The molecule has 50 heavy (non-hydrogen) atoms. The van der Waals surface area contributed by atoms with Crippen LogP contribution in [0.5, 0.6) is 0 Å². The number of hydrogen-bond acceptors (Lipinski definition) is 7. The molecule has 11 heteroatoms. The van der Waals surface area contributed by atoms with Crippen molar-refractivity contribution < 1.29 is 33.8 Å². The van der Waals surface area contributed by atoms with Crippen molar-refractivity contribution in [3.05, 3.63) is 61.2 Å². The Balaban J connectivity index is 1.75. The van der Waals surface area contributed by atoms with E-state index in [1.807, 2.05) is 51.1 Å². The zero-order valence-electron chi connectivity index (χ0n) is 30.3. The number of aliphatic hydroxyl groups excluding tert-OH is 1. The molecule has 3 fully saturated rings. The minimum Gasteiger partial charge on any atom is -0.455 e. The van der Waals surface area contributed by atoms with Gasteiger partial charge in [0, 0.05) is 31.4 Å². The maximum Gasteiger partial charge on any atom is 0.313 e. The minimum atomic E-state index is -1.30. The summed E-state index contributed by atoms with van der Waals surface area (Å²) < 4.78 is 13.1. The van der Waals surface area contributed by atoms with Crippen LogP contribution in [0.15, 0.2) is 55.6 Å². The van der Waals surface area contributed by atoms with Gasteiger partial charge in [0.25, 0.3) is 0 Å². The molecule has 3 aliphatic heterocycles. The van der Waals surface area contributed by atoms with Gasteiger partial charge in [0.1, 0.15) is 17.7 Å². The van der Waals surface area contributed by atoms with Crippen LogP contribution in [-0.4, -0.2) is 105 Å². The average molecular weight is 759 g/mol. The largest absolute Gasteiger partial charge is 0.455 e. The Hall–Kier alpha value is -3.02. The zero-order chi connectivity index (χ0) is 36.7. The lowest BCUT2D eigenvalue weighted by Crippen LogP contribution is -2.59. The molecule has 1 unspecified atom stereocenters. The third-order valence-corrected chi connectivity index (χ3v) is 11.5. The van der Waals surface area contributed by atoms with Crippen LogP contribution in [0.2, 0.25) is 0 Å². The second-order valence-corrected chi connectivity index (χ2v) is 15.7. The average Bonchev–Trinajstić information content (AvgIpc) is 3.70. The van der Waals surface area contributed by atoms with Crippen molar-refractivity contribution in [2.45, 2.75) is 113 Å². The fraction of sp³-hybridized carbons (Fsp3) is 0.641. The number of likely N-dealkylation sites (tertiary alicyclic amines) is 1. The molecule has 3 aliphatic rings. The molecule has 1 N–H and O–H groups in total. The van der Waals surface area contributed by atoms with Gasteiger partial charge in [0.05, 0.1) is 36.6 Å². The number of rotatable bonds is 19. The van der Waals surface area contributed by atoms with Crippen molar-refractivity contribution in [1.82, 2.24) is 14.7 Å². The van der Waals surface area contributed by atoms with Gasteiger partial charge in [-0.05, 0) is 44.1 Å². The third-order valence-electron chi connectivity index (χ3n) is 10.6. The molecule has 0 aliphatic carbocycles. The first-order valence-corrected chi connectivity index (χ1v) is 19.1. The van der Waals surface area contributed by atoms with Crippen molar-refractivity contribution in [3.63, 3.8) is 0 Å². The van der Waals surface area contributed by atoms with Gasteiger partial charge in [-0.2, -0.15) is 0 Å². The maximum atomic E-state index is 14.8. The molecular weight excluding hydrogens is 702 g/mol. The summed E-state index contributed by atoms with van der Waals surface area (Å²) in [5.41, 5.74) is -0.584. The summed E-state index contributed by atoms with van der Waals surface area (Å²) in [5.74, 6) is -3.22. The number of allylic oxidation sites excluding steroid dienone is 1. The fourth-order valence-corrected chi connectivity index (χ4v) is 9.07. The monoisotopic (exact) mass is 757 g/mol. The number of nitrogens with zero attached hydrogens (tertiary/aromatic N) is 3. The van der Waals surface area contributed by atoms with Crippen LogP contribution in [0.1, 0.15) is 84.3 Å². The van der Waals surface area contributed by atoms with E-state index in [9.17, 15) is 24.3 Å². The molecule has 3 saturated heterocycles. The molecule has 0 saturated carbocycles. The van der Waals surface area contributed by atoms with Crippen LogP contribution in [0.25, 0.3) is 0 Å². The van der Waals surface area contributed by atoms with E-state index in [1.165, 1.54) is 4.90 Å². The summed E-state index contributed by atoms with van der Waals surface area (Å²) in [5, 5.41) is 10.7. The summed E-state index contributed by atoms with van der Waals surface area (Å²) in [4.78, 5) is 61.6. The summed E-state index contributed by atoms with van der Waals surface area (Å²) in [6.07, 6.45) is 6.18. The highest BCUT2D eigenvalue weighted by Gasteiger charge is 2.77. The molecule has 10 nitrogen and oxygen atoms in total. The Morgan fingerprint density at radius 3 is 2.46 bits per heavy atom.